The zero-order chi connectivity index (χ0) is 25.5. The number of nitrogens with one attached hydrogen (secondary N) is 3. The van der Waals surface area contributed by atoms with E-state index in [1.165, 1.54) is 16.5 Å². The van der Waals surface area contributed by atoms with Gasteiger partial charge in [0, 0.05) is 60.6 Å². The largest absolute Gasteiger partial charge is 0.491 e. The minimum absolute atomic E-state index is 0.492. The fraction of sp³-hybridized carbons (Fsp3) is 0.286. The van der Waals surface area contributed by atoms with Gasteiger partial charge in [0.2, 0.25) is 5.95 Å². The molecular weight excluding hydrogens is 468 g/mol. The van der Waals surface area contributed by atoms with E-state index in [0.717, 1.165) is 34.2 Å². The first-order valence-electron chi connectivity index (χ1n) is 12.4. The Labute approximate surface area is 215 Å². The van der Waals surface area contributed by atoms with Gasteiger partial charge in [-0.05, 0) is 59.3 Å². The molecule has 5 N–H and O–H groups in total. The summed E-state index contributed by atoms with van der Waals surface area (Å²) in [5.41, 5.74) is 11.7. The smallest absolute Gasteiger partial charge is 0.224 e. The molecule has 0 bridgehead atoms. The van der Waals surface area contributed by atoms with E-state index in [1.54, 1.807) is 13.3 Å². The summed E-state index contributed by atoms with van der Waals surface area (Å²) in [4.78, 5) is 15.5. The highest BCUT2D eigenvalue weighted by atomic mass is 16.5. The highest BCUT2D eigenvalue weighted by Gasteiger charge is 2.09. The molecule has 37 heavy (non-hydrogen) atoms. The Morgan fingerprint density at radius 1 is 0.946 bits per heavy atom. The van der Waals surface area contributed by atoms with Gasteiger partial charge in [0.05, 0.1) is 19.8 Å². The van der Waals surface area contributed by atoms with E-state index in [-0.39, 0.29) is 0 Å². The predicted octanol–water partition coefficient (Wildman–Crippen LogP) is 4.31. The Bertz CT molecular complexity index is 1460. The monoisotopic (exact) mass is 500 g/mol. The number of methoxy groups -OCH3 is 1. The Hall–Kier alpha value is -4.08. The van der Waals surface area contributed by atoms with Crippen LogP contribution in [0.15, 0.2) is 61.1 Å². The molecule has 2 aromatic carbocycles. The maximum absolute atomic E-state index is 6.26. The first-order chi connectivity index (χ1) is 18.2. The topological polar surface area (TPSA) is 123 Å². The minimum Gasteiger partial charge on any atom is -0.491 e. The van der Waals surface area contributed by atoms with Gasteiger partial charge in [-0.1, -0.05) is 6.07 Å². The molecule has 5 rings (SSSR count). The standard InChI is InChI=1S/C28H32N6O3/c1-35-10-11-36-12-13-37-23-3-5-26-24(16-23)21(17-32-26)7-9-31-28-33-18-22(27(29)34-28)15-19-2-4-25-20(14-19)6-8-30-25/h2-6,8,14,16-18,30,32H,7,9-13,15H2,1H3,(H3,29,31,33,34). The van der Waals surface area contributed by atoms with E-state index >= 15 is 0 Å². The zero-order valence-corrected chi connectivity index (χ0v) is 20.9. The number of fused-ring (bicyclic) bond motifs is 2. The third kappa shape index (κ3) is 6.19. The molecule has 192 valence electrons. The van der Waals surface area contributed by atoms with Gasteiger partial charge in [-0.25, -0.2) is 4.98 Å². The van der Waals surface area contributed by atoms with Crippen LogP contribution in [0.3, 0.4) is 0 Å². The van der Waals surface area contributed by atoms with Gasteiger partial charge in [0.25, 0.3) is 0 Å². The van der Waals surface area contributed by atoms with Crippen LogP contribution in [-0.2, 0) is 22.3 Å². The van der Waals surface area contributed by atoms with Gasteiger partial charge >= 0.3 is 0 Å². The molecule has 0 aliphatic rings. The van der Waals surface area contributed by atoms with Crippen LogP contribution in [0.25, 0.3) is 21.8 Å². The number of H-pyrrole nitrogens is 2. The molecule has 0 radical (unpaired) electrons. The summed E-state index contributed by atoms with van der Waals surface area (Å²) >= 11 is 0. The van der Waals surface area contributed by atoms with Gasteiger partial charge in [0.1, 0.15) is 18.2 Å². The maximum Gasteiger partial charge on any atom is 0.224 e. The van der Waals surface area contributed by atoms with Gasteiger partial charge in [-0.3, -0.25) is 0 Å². The number of hydrogen-bond acceptors (Lipinski definition) is 7. The van der Waals surface area contributed by atoms with Gasteiger partial charge in [0.15, 0.2) is 0 Å². The summed E-state index contributed by atoms with van der Waals surface area (Å²) in [5.74, 6) is 1.84. The number of aromatic nitrogens is 4. The summed E-state index contributed by atoms with van der Waals surface area (Å²) in [6.45, 7) is 2.84. The van der Waals surface area contributed by atoms with Crippen molar-refractivity contribution < 1.29 is 14.2 Å². The lowest BCUT2D eigenvalue weighted by Crippen LogP contribution is -2.10. The van der Waals surface area contributed by atoms with Crippen LogP contribution in [0.2, 0.25) is 0 Å². The van der Waals surface area contributed by atoms with Crippen LogP contribution in [0.4, 0.5) is 11.8 Å². The number of nitrogens with two attached hydrogens (primary N) is 1. The first-order valence-corrected chi connectivity index (χ1v) is 12.4. The molecule has 3 aromatic heterocycles. The summed E-state index contributed by atoms with van der Waals surface area (Å²) in [6, 6.07) is 14.5. The number of nitrogen functional groups attached to an aromatic ring is 1. The number of aromatic amines is 2. The SMILES string of the molecule is COCCOCCOc1ccc2[nH]cc(CCNc3ncc(Cc4ccc5[nH]ccc5c4)c(N)n3)c2c1. The normalized spacial score (nSPS) is 11.4. The number of benzene rings is 2. The van der Waals surface area contributed by atoms with Crippen molar-refractivity contribution in [1.29, 1.82) is 0 Å². The highest BCUT2D eigenvalue weighted by molar-refractivity contribution is 5.84. The molecular formula is C28H32N6O3. The maximum atomic E-state index is 6.26. The van der Waals surface area contributed by atoms with E-state index in [4.69, 9.17) is 19.9 Å². The van der Waals surface area contributed by atoms with E-state index < -0.39 is 0 Å². The summed E-state index contributed by atoms with van der Waals surface area (Å²) in [5, 5.41) is 5.61. The molecule has 9 nitrogen and oxygen atoms in total. The second kappa shape index (κ2) is 11.8. The van der Waals surface area contributed by atoms with E-state index in [2.05, 4.69) is 55.6 Å². The molecule has 0 fully saturated rings. The van der Waals surface area contributed by atoms with Crippen molar-refractivity contribution in [2.75, 3.05) is 51.1 Å². The van der Waals surface area contributed by atoms with E-state index in [0.29, 0.717) is 51.2 Å². The second-order valence-corrected chi connectivity index (χ2v) is 8.83. The lowest BCUT2D eigenvalue weighted by molar-refractivity contribution is 0.0544. The quantitative estimate of drug-likeness (QED) is 0.178. The van der Waals surface area contributed by atoms with Crippen molar-refractivity contribution in [3.63, 3.8) is 0 Å². The van der Waals surface area contributed by atoms with Crippen molar-refractivity contribution >= 4 is 33.6 Å². The minimum atomic E-state index is 0.492. The van der Waals surface area contributed by atoms with Crippen LogP contribution in [0.1, 0.15) is 16.7 Å². The summed E-state index contributed by atoms with van der Waals surface area (Å²) in [7, 11) is 1.66. The fourth-order valence-corrected chi connectivity index (χ4v) is 4.30. The second-order valence-electron chi connectivity index (χ2n) is 8.83. The van der Waals surface area contributed by atoms with Crippen LogP contribution in [0, 0.1) is 0 Å². The van der Waals surface area contributed by atoms with Crippen LogP contribution >= 0.6 is 0 Å². The van der Waals surface area contributed by atoms with E-state index in [9.17, 15) is 0 Å². The molecule has 0 saturated heterocycles. The van der Waals surface area contributed by atoms with Crippen molar-refractivity contribution in [3.8, 4) is 5.75 Å². The van der Waals surface area contributed by atoms with E-state index in [1.807, 2.05) is 24.5 Å². The Balaban J connectivity index is 1.14. The van der Waals surface area contributed by atoms with Crippen molar-refractivity contribution in [1.82, 2.24) is 19.9 Å². The lowest BCUT2D eigenvalue weighted by Gasteiger charge is -2.09. The molecule has 3 heterocycles. The molecule has 0 spiro atoms. The molecule has 0 amide bonds. The number of ether oxygens (including phenoxy) is 3. The molecule has 0 atom stereocenters. The van der Waals surface area contributed by atoms with Gasteiger partial charge in [-0.15, -0.1) is 0 Å². The Kier molecular flexibility index (Phi) is 7.83. The molecule has 0 aliphatic carbocycles. The molecule has 9 heteroatoms. The van der Waals surface area contributed by atoms with Crippen molar-refractivity contribution in [2.24, 2.45) is 0 Å². The van der Waals surface area contributed by atoms with Gasteiger partial charge in [-0.2, -0.15) is 4.98 Å². The third-order valence-corrected chi connectivity index (χ3v) is 6.25. The average Bonchev–Trinajstić information content (AvgIpc) is 3.54. The number of anilines is 2. The first kappa shape index (κ1) is 24.6. The lowest BCUT2D eigenvalue weighted by atomic mass is 10.1. The fourth-order valence-electron chi connectivity index (χ4n) is 4.30. The molecule has 0 unspecified atom stereocenters. The van der Waals surface area contributed by atoms with Crippen molar-refractivity contribution in [3.05, 3.63) is 77.7 Å². The molecule has 0 aliphatic heterocycles. The number of rotatable bonds is 13. The number of hydrogen-bond donors (Lipinski definition) is 4. The average molecular weight is 501 g/mol. The van der Waals surface area contributed by atoms with Crippen LogP contribution in [0.5, 0.6) is 5.75 Å². The summed E-state index contributed by atoms with van der Waals surface area (Å²) < 4.78 is 16.3. The Morgan fingerprint density at radius 3 is 2.73 bits per heavy atom. The van der Waals surface area contributed by atoms with Crippen molar-refractivity contribution in [2.45, 2.75) is 12.8 Å². The third-order valence-electron chi connectivity index (χ3n) is 6.25. The summed E-state index contributed by atoms with van der Waals surface area (Å²) in [6.07, 6.45) is 7.26. The van der Waals surface area contributed by atoms with Crippen LogP contribution in [-0.4, -0.2) is 60.0 Å². The molecule has 0 saturated carbocycles. The van der Waals surface area contributed by atoms with Gasteiger partial charge < -0.3 is 35.2 Å². The van der Waals surface area contributed by atoms with Crippen LogP contribution < -0.4 is 15.8 Å². The zero-order valence-electron chi connectivity index (χ0n) is 20.9. The number of nitrogens with zero attached hydrogens (tertiary/aromatic N) is 2. The molecule has 5 aromatic rings. The predicted molar refractivity (Wildman–Crippen MR) is 146 cm³/mol. The Morgan fingerprint density at radius 2 is 1.84 bits per heavy atom. The highest BCUT2D eigenvalue weighted by Crippen LogP contribution is 2.24.